The van der Waals surface area contributed by atoms with Crippen LogP contribution in [0.25, 0.3) is 40.1 Å². The van der Waals surface area contributed by atoms with Crippen LogP contribution in [-0.2, 0) is 0 Å². The molecule has 0 spiro atoms. The van der Waals surface area contributed by atoms with Gasteiger partial charge in [-0.1, -0.05) is 62.4 Å². The molecule has 0 aliphatic rings. The Bertz CT molecular complexity index is 2080. The minimum Gasteiger partial charge on any atom is -0.493 e. The Morgan fingerprint density at radius 1 is 0.935 bits per heavy atom. The molecule has 0 radical (unpaired) electrons. The zero-order valence-electron chi connectivity index (χ0n) is 26.2. The summed E-state index contributed by atoms with van der Waals surface area (Å²) in [6.45, 7) is 7.56. The molecule has 0 aliphatic heterocycles. The Hall–Kier alpha value is -5.22. The maximum absolute atomic E-state index is 13.5. The number of thiazole rings is 1. The minimum atomic E-state index is -0.234. The monoisotopic (exact) mass is 633 g/mol. The van der Waals surface area contributed by atoms with E-state index in [0.29, 0.717) is 45.9 Å². The molecule has 9 nitrogen and oxygen atoms in total. The number of hydrogen-bond acceptors (Lipinski definition) is 8. The highest BCUT2D eigenvalue weighted by molar-refractivity contribution is 7.15. The highest BCUT2D eigenvalue weighted by Crippen LogP contribution is 2.29. The first-order valence-corrected chi connectivity index (χ1v) is 16.0. The van der Waals surface area contributed by atoms with Gasteiger partial charge in [0, 0.05) is 17.3 Å². The standard InChI is InChI=1S/C36H35N5O4S/c1-5-19-44-30-17-11-25(20-31(30)43-4)12-18-33-37-36-41(38-33)35(42)32(46-36)21-27-22-40(28-9-7-6-8-10-28)39-34(27)26-13-15-29(16-14-26)45-23-24(2)3/h6-18,20-22,24H,5,19,23H2,1-4H3/b18-12+,32-21-. The predicted octanol–water partition coefficient (Wildman–Crippen LogP) is 6.55. The van der Waals surface area contributed by atoms with E-state index < -0.39 is 0 Å². The molecule has 10 heteroatoms. The molecule has 234 valence electrons. The van der Waals surface area contributed by atoms with Gasteiger partial charge < -0.3 is 14.2 Å². The summed E-state index contributed by atoms with van der Waals surface area (Å²) in [4.78, 5) is 18.6. The van der Waals surface area contributed by atoms with E-state index in [1.54, 1.807) is 13.2 Å². The molecule has 0 atom stereocenters. The van der Waals surface area contributed by atoms with Crippen LogP contribution in [0.4, 0.5) is 0 Å². The lowest BCUT2D eigenvalue weighted by Gasteiger charge is -2.10. The van der Waals surface area contributed by atoms with E-state index in [2.05, 4.69) is 30.9 Å². The summed E-state index contributed by atoms with van der Waals surface area (Å²) in [5.74, 6) is 3.04. The summed E-state index contributed by atoms with van der Waals surface area (Å²) in [5, 5.41) is 9.37. The second-order valence-electron chi connectivity index (χ2n) is 11.1. The van der Waals surface area contributed by atoms with Gasteiger partial charge in [-0.15, -0.1) is 5.10 Å². The number of rotatable bonds is 12. The van der Waals surface area contributed by atoms with E-state index in [-0.39, 0.29) is 5.56 Å². The molecule has 0 N–H and O–H groups in total. The fourth-order valence-electron chi connectivity index (χ4n) is 4.75. The van der Waals surface area contributed by atoms with E-state index in [9.17, 15) is 4.79 Å². The van der Waals surface area contributed by atoms with Gasteiger partial charge in [-0.05, 0) is 78.6 Å². The molecule has 6 rings (SSSR count). The van der Waals surface area contributed by atoms with Gasteiger partial charge in [-0.2, -0.15) is 14.6 Å². The van der Waals surface area contributed by atoms with Gasteiger partial charge in [0.05, 0.1) is 30.5 Å². The van der Waals surface area contributed by atoms with Crippen molar-refractivity contribution in [2.45, 2.75) is 27.2 Å². The Morgan fingerprint density at radius 2 is 1.74 bits per heavy atom. The number of fused-ring (bicyclic) bond motifs is 1. The van der Waals surface area contributed by atoms with E-state index in [4.69, 9.17) is 19.3 Å². The van der Waals surface area contributed by atoms with Gasteiger partial charge in [-0.3, -0.25) is 4.79 Å². The van der Waals surface area contributed by atoms with Crippen molar-refractivity contribution in [3.8, 4) is 34.2 Å². The van der Waals surface area contributed by atoms with Crippen LogP contribution < -0.4 is 24.3 Å². The van der Waals surface area contributed by atoms with Crippen molar-refractivity contribution in [1.82, 2.24) is 24.4 Å². The van der Waals surface area contributed by atoms with Gasteiger partial charge in [0.15, 0.2) is 17.3 Å². The summed E-state index contributed by atoms with van der Waals surface area (Å²) in [6.07, 6.45) is 8.37. The molecule has 0 aliphatic carbocycles. The van der Waals surface area contributed by atoms with Crippen LogP contribution in [0.1, 0.15) is 44.1 Å². The minimum absolute atomic E-state index is 0.234. The molecule has 0 unspecified atom stereocenters. The number of nitrogens with zero attached hydrogens (tertiary/aromatic N) is 5. The summed E-state index contributed by atoms with van der Waals surface area (Å²) in [6, 6.07) is 23.5. The lowest BCUT2D eigenvalue weighted by atomic mass is 10.1. The lowest BCUT2D eigenvalue weighted by Crippen LogP contribution is -2.23. The van der Waals surface area contributed by atoms with Gasteiger partial charge in [0.1, 0.15) is 11.4 Å². The summed E-state index contributed by atoms with van der Waals surface area (Å²) in [7, 11) is 1.62. The van der Waals surface area contributed by atoms with Crippen LogP contribution in [0.5, 0.6) is 17.2 Å². The Kier molecular flexibility index (Phi) is 9.25. The smallest absolute Gasteiger partial charge is 0.291 e. The molecule has 0 saturated carbocycles. The van der Waals surface area contributed by atoms with Crippen LogP contribution in [-0.4, -0.2) is 44.7 Å². The van der Waals surface area contributed by atoms with Gasteiger partial charge in [0.2, 0.25) is 4.96 Å². The Labute approximate surface area is 271 Å². The van der Waals surface area contributed by atoms with Gasteiger partial charge >= 0.3 is 0 Å². The lowest BCUT2D eigenvalue weighted by molar-refractivity contribution is 0.271. The molecule has 6 aromatic rings. The van der Waals surface area contributed by atoms with Crippen LogP contribution in [0.3, 0.4) is 0 Å². The first-order chi connectivity index (χ1) is 22.4. The van der Waals surface area contributed by atoms with Crippen LogP contribution in [0.15, 0.2) is 83.8 Å². The molecule has 3 aromatic heterocycles. The number of aromatic nitrogens is 5. The predicted molar refractivity (Wildman–Crippen MR) is 183 cm³/mol. The van der Waals surface area contributed by atoms with Gasteiger partial charge in [-0.25, -0.2) is 4.68 Å². The number of para-hydroxylation sites is 1. The van der Waals surface area contributed by atoms with Crippen molar-refractivity contribution < 1.29 is 14.2 Å². The van der Waals surface area contributed by atoms with Crippen molar-refractivity contribution in [1.29, 1.82) is 0 Å². The Balaban J connectivity index is 1.31. The third-order valence-electron chi connectivity index (χ3n) is 7.03. The summed E-state index contributed by atoms with van der Waals surface area (Å²) < 4.78 is 20.8. The van der Waals surface area contributed by atoms with Crippen molar-refractivity contribution >= 4 is 34.5 Å². The average molecular weight is 634 g/mol. The van der Waals surface area contributed by atoms with Crippen molar-refractivity contribution in [2.75, 3.05) is 20.3 Å². The highest BCUT2D eigenvalue weighted by atomic mass is 32.1. The molecule has 0 saturated heterocycles. The maximum Gasteiger partial charge on any atom is 0.291 e. The zero-order valence-corrected chi connectivity index (χ0v) is 27.0. The number of benzene rings is 3. The second kappa shape index (κ2) is 13.8. The van der Waals surface area contributed by atoms with Crippen molar-refractivity contribution in [3.63, 3.8) is 0 Å². The number of ether oxygens (including phenoxy) is 3. The quantitative estimate of drug-likeness (QED) is 0.151. The van der Waals surface area contributed by atoms with Crippen LogP contribution >= 0.6 is 11.3 Å². The van der Waals surface area contributed by atoms with Crippen LogP contribution in [0.2, 0.25) is 0 Å². The second-order valence-corrected chi connectivity index (χ2v) is 12.1. The molecular formula is C36H35N5O4S. The van der Waals surface area contributed by atoms with E-state index in [1.165, 1.54) is 15.9 Å². The number of hydrogen-bond donors (Lipinski definition) is 0. The SMILES string of the molecule is CCCOc1ccc(/C=C/c2nc3s/c(=C\c4cn(-c5ccccc5)nc4-c4ccc(OCC(C)C)cc4)c(=O)n3n2)cc1OC. The first kappa shape index (κ1) is 30.8. The fourth-order valence-corrected chi connectivity index (χ4v) is 5.66. The fraction of sp³-hybridized carbons (Fsp3) is 0.222. The normalized spacial score (nSPS) is 12.1. The van der Waals surface area contributed by atoms with E-state index in [1.807, 2.05) is 95.8 Å². The molecule has 0 amide bonds. The van der Waals surface area contributed by atoms with E-state index >= 15 is 0 Å². The van der Waals surface area contributed by atoms with Crippen LogP contribution in [0, 0.1) is 5.92 Å². The van der Waals surface area contributed by atoms with E-state index in [0.717, 1.165) is 40.2 Å². The molecule has 46 heavy (non-hydrogen) atoms. The highest BCUT2D eigenvalue weighted by Gasteiger charge is 2.14. The molecule has 0 bridgehead atoms. The van der Waals surface area contributed by atoms with Crippen molar-refractivity contribution in [3.05, 3.63) is 111 Å². The topological polar surface area (TPSA) is 92.8 Å². The molecule has 3 aromatic carbocycles. The maximum atomic E-state index is 13.5. The Morgan fingerprint density at radius 3 is 2.46 bits per heavy atom. The molecule has 0 fully saturated rings. The summed E-state index contributed by atoms with van der Waals surface area (Å²) in [5.41, 5.74) is 4.06. The number of methoxy groups -OCH3 is 1. The largest absolute Gasteiger partial charge is 0.493 e. The van der Waals surface area contributed by atoms with Crippen molar-refractivity contribution in [2.24, 2.45) is 5.92 Å². The zero-order chi connectivity index (χ0) is 32.0. The van der Waals surface area contributed by atoms with Gasteiger partial charge in [0.25, 0.3) is 5.56 Å². The third kappa shape index (κ3) is 6.87. The average Bonchev–Trinajstić information content (AvgIpc) is 3.77. The molecular weight excluding hydrogens is 598 g/mol. The first-order valence-electron chi connectivity index (χ1n) is 15.2. The third-order valence-corrected chi connectivity index (χ3v) is 7.99. The molecule has 3 heterocycles. The summed E-state index contributed by atoms with van der Waals surface area (Å²) >= 11 is 1.29.